The van der Waals surface area contributed by atoms with Crippen molar-refractivity contribution < 1.29 is 22.8 Å². The van der Waals surface area contributed by atoms with Crippen LogP contribution in [0.4, 0.5) is 13.2 Å². The lowest BCUT2D eigenvalue weighted by Crippen LogP contribution is -2.51. The van der Waals surface area contributed by atoms with Gasteiger partial charge in [-0.1, -0.05) is 0 Å². The second kappa shape index (κ2) is 7.94. The third-order valence-electron chi connectivity index (χ3n) is 4.58. The van der Waals surface area contributed by atoms with E-state index in [0.29, 0.717) is 0 Å². The van der Waals surface area contributed by atoms with Crippen molar-refractivity contribution in [1.82, 2.24) is 19.4 Å². The molecule has 0 bridgehead atoms. The van der Waals surface area contributed by atoms with Crippen LogP contribution in [-0.2, 0) is 17.5 Å². The van der Waals surface area contributed by atoms with E-state index in [2.05, 4.69) is 4.98 Å². The number of halogens is 3. The first-order valence-electron chi connectivity index (χ1n) is 8.69. The number of carbonyl (C=O) groups is 2. The van der Waals surface area contributed by atoms with Crippen molar-refractivity contribution in [3.05, 3.63) is 68.5 Å². The largest absolute Gasteiger partial charge is 0.416 e. The Hall–Kier alpha value is -3.37. The Morgan fingerprint density at radius 1 is 0.931 bits per heavy atom. The van der Waals surface area contributed by atoms with Crippen molar-refractivity contribution in [1.29, 1.82) is 0 Å². The standard InChI is InChI=1S/C18H17F3N4O4/c19-18(20,21)13-3-1-12(2-4-13)16(28)24-9-7-23(8-10-24)15(27)11-25-6-5-14(26)22-17(25)29/h1-6H,7-11H2,(H,22,26,29). The predicted octanol–water partition coefficient (Wildman–Crippen LogP) is 0.540. The van der Waals surface area contributed by atoms with Gasteiger partial charge in [0.2, 0.25) is 5.91 Å². The van der Waals surface area contributed by atoms with E-state index in [9.17, 15) is 32.3 Å². The Bertz CT molecular complexity index is 1020. The van der Waals surface area contributed by atoms with Gasteiger partial charge in [-0.3, -0.25) is 23.9 Å². The second-order valence-corrected chi connectivity index (χ2v) is 6.49. The number of carbonyl (C=O) groups excluding carboxylic acids is 2. The molecule has 154 valence electrons. The minimum absolute atomic E-state index is 0.137. The minimum Gasteiger partial charge on any atom is -0.338 e. The summed E-state index contributed by atoms with van der Waals surface area (Å²) in [6.45, 7) is 0.632. The third kappa shape index (κ3) is 4.73. The van der Waals surface area contributed by atoms with Crippen LogP contribution < -0.4 is 11.2 Å². The van der Waals surface area contributed by atoms with Crippen molar-refractivity contribution in [3.8, 4) is 0 Å². The lowest BCUT2D eigenvalue weighted by molar-refractivity contribution is -0.137. The molecule has 0 radical (unpaired) electrons. The van der Waals surface area contributed by atoms with Gasteiger partial charge in [0.05, 0.1) is 5.56 Å². The van der Waals surface area contributed by atoms with Gasteiger partial charge in [0.25, 0.3) is 11.5 Å². The number of benzene rings is 1. The summed E-state index contributed by atoms with van der Waals surface area (Å²) in [5.41, 5.74) is -1.95. The zero-order valence-corrected chi connectivity index (χ0v) is 15.1. The highest BCUT2D eigenvalue weighted by Gasteiger charge is 2.31. The van der Waals surface area contributed by atoms with Gasteiger partial charge in [-0.2, -0.15) is 13.2 Å². The monoisotopic (exact) mass is 410 g/mol. The van der Waals surface area contributed by atoms with Gasteiger partial charge in [0.1, 0.15) is 6.54 Å². The second-order valence-electron chi connectivity index (χ2n) is 6.49. The highest BCUT2D eigenvalue weighted by Crippen LogP contribution is 2.29. The molecule has 2 heterocycles. The summed E-state index contributed by atoms with van der Waals surface area (Å²) in [6, 6.07) is 5.11. The molecule has 0 spiro atoms. The van der Waals surface area contributed by atoms with Crippen molar-refractivity contribution in [3.63, 3.8) is 0 Å². The topological polar surface area (TPSA) is 95.5 Å². The van der Waals surface area contributed by atoms with Gasteiger partial charge in [0.15, 0.2) is 0 Å². The molecule has 0 atom stereocenters. The fourth-order valence-electron chi connectivity index (χ4n) is 2.96. The summed E-state index contributed by atoms with van der Waals surface area (Å²) in [5, 5.41) is 0. The summed E-state index contributed by atoms with van der Waals surface area (Å²) in [6.07, 6.45) is -3.25. The number of nitrogens with one attached hydrogen (secondary N) is 1. The Labute approximate surface area is 162 Å². The molecular formula is C18H17F3N4O4. The zero-order chi connectivity index (χ0) is 21.2. The van der Waals surface area contributed by atoms with E-state index < -0.39 is 28.9 Å². The maximum atomic E-state index is 12.6. The van der Waals surface area contributed by atoms with E-state index in [1.807, 2.05) is 0 Å². The van der Waals surface area contributed by atoms with Crippen LogP contribution in [-0.4, -0.2) is 57.3 Å². The Kier molecular flexibility index (Phi) is 5.57. The van der Waals surface area contributed by atoms with Crippen LogP contribution in [0.3, 0.4) is 0 Å². The van der Waals surface area contributed by atoms with Crippen molar-refractivity contribution in [2.45, 2.75) is 12.7 Å². The van der Waals surface area contributed by atoms with Crippen molar-refractivity contribution >= 4 is 11.8 Å². The van der Waals surface area contributed by atoms with Crippen LogP contribution in [0.1, 0.15) is 15.9 Å². The van der Waals surface area contributed by atoms with E-state index in [0.717, 1.165) is 34.9 Å². The number of hydrogen-bond acceptors (Lipinski definition) is 4. The lowest BCUT2D eigenvalue weighted by atomic mass is 10.1. The summed E-state index contributed by atoms with van der Waals surface area (Å²) >= 11 is 0. The normalized spacial score (nSPS) is 14.7. The molecule has 0 unspecified atom stereocenters. The van der Waals surface area contributed by atoms with Gasteiger partial charge in [-0.25, -0.2) is 4.79 Å². The maximum absolute atomic E-state index is 12.6. The average Bonchev–Trinajstić information content (AvgIpc) is 2.69. The van der Waals surface area contributed by atoms with Gasteiger partial charge >= 0.3 is 11.9 Å². The van der Waals surface area contributed by atoms with Gasteiger partial charge in [-0.15, -0.1) is 0 Å². The summed E-state index contributed by atoms with van der Waals surface area (Å²) in [4.78, 5) is 52.5. The molecule has 1 aliphatic rings. The molecule has 1 N–H and O–H groups in total. The maximum Gasteiger partial charge on any atom is 0.416 e. The molecule has 2 amide bonds. The van der Waals surface area contributed by atoms with E-state index in [4.69, 9.17) is 0 Å². The first-order valence-corrected chi connectivity index (χ1v) is 8.69. The average molecular weight is 410 g/mol. The molecule has 1 aromatic heterocycles. The molecule has 29 heavy (non-hydrogen) atoms. The number of alkyl halides is 3. The number of amides is 2. The number of aromatic amines is 1. The van der Waals surface area contributed by atoms with E-state index in [1.54, 1.807) is 0 Å². The first kappa shape index (κ1) is 20.4. The molecule has 1 fully saturated rings. The molecule has 1 aromatic carbocycles. The van der Waals surface area contributed by atoms with Crippen molar-refractivity contribution in [2.24, 2.45) is 0 Å². The molecule has 0 saturated carbocycles. The molecule has 8 nitrogen and oxygen atoms in total. The van der Waals surface area contributed by atoms with Crippen LogP contribution in [0.2, 0.25) is 0 Å². The Morgan fingerprint density at radius 3 is 2.07 bits per heavy atom. The Morgan fingerprint density at radius 2 is 1.52 bits per heavy atom. The summed E-state index contributed by atoms with van der Waals surface area (Å²) < 4.78 is 38.9. The van der Waals surface area contributed by atoms with Crippen LogP contribution in [0.15, 0.2) is 46.1 Å². The molecule has 1 aliphatic heterocycles. The van der Waals surface area contributed by atoms with E-state index >= 15 is 0 Å². The molecule has 0 aliphatic carbocycles. The molecule has 3 rings (SSSR count). The highest BCUT2D eigenvalue weighted by molar-refractivity contribution is 5.94. The minimum atomic E-state index is -4.47. The number of nitrogens with zero attached hydrogens (tertiary/aromatic N) is 3. The van der Waals surface area contributed by atoms with Crippen LogP contribution in [0.25, 0.3) is 0 Å². The van der Waals surface area contributed by atoms with Gasteiger partial charge < -0.3 is 9.80 Å². The van der Waals surface area contributed by atoms with E-state index in [1.165, 1.54) is 16.0 Å². The zero-order valence-electron chi connectivity index (χ0n) is 15.1. The van der Waals surface area contributed by atoms with Crippen molar-refractivity contribution in [2.75, 3.05) is 26.2 Å². The van der Waals surface area contributed by atoms with Crippen LogP contribution in [0.5, 0.6) is 0 Å². The SMILES string of the molecule is O=C(Cn1ccc(=O)[nH]c1=O)N1CCN(C(=O)c2ccc(C(F)(F)F)cc2)CC1. The number of hydrogen-bond donors (Lipinski definition) is 1. The smallest absolute Gasteiger partial charge is 0.338 e. The number of piperazine rings is 1. The molecule has 11 heteroatoms. The fourth-order valence-corrected chi connectivity index (χ4v) is 2.96. The Balaban J connectivity index is 1.58. The third-order valence-corrected chi connectivity index (χ3v) is 4.58. The van der Waals surface area contributed by atoms with Gasteiger partial charge in [-0.05, 0) is 24.3 Å². The predicted molar refractivity (Wildman–Crippen MR) is 95.3 cm³/mol. The van der Waals surface area contributed by atoms with E-state index in [-0.39, 0.29) is 44.2 Å². The van der Waals surface area contributed by atoms with Crippen LogP contribution >= 0.6 is 0 Å². The van der Waals surface area contributed by atoms with Gasteiger partial charge in [0, 0.05) is 44.0 Å². The summed E-state index contributed by atoms with van der Waals surface area (Å²) in [5.74, 6) is -0.761. The fraction of sp³-hybridized carbons (Fsp3) is 0.333. The number of H-pyrrole nitrogens is 1. The quantitative estimate of drug-likeness (QED) is 0.799. The highest BCUT2D eigenvalue weighted by atomic mass is 19.4. The number of aromatic nitrogens is 2. The first-order chi connectivity index (χ1) is 13.6. The molecule has 2 aromatic rings. The van der Waals surface area contributed by atoms with Crippen LogP contribution in [0, 0.1) is 0 Å². The molecular weight excluding hydrogens is 393 g/mol. The lowest BCUT2D eigenvalue weighted by Gasteiger charge is -2.35. The molecule has 1 saturated heterocycles. The summed E-state index contributed by atoms with van der Waals surface area (Å²) in [7, 11) is 0. The number of rotatable bonds is 3.